The number of hydrogen-bond acceptors (Lipinski definition) is 1. The average Bonchev–Trinajstić information content (AvgIpc) is 3.79. The lowest BCUT2D eigenvalue weighted by atomic mass is 9.98. The number of hydrogen-bond donors (Lipinski definition) is 0. The van der Waals surface area contributed by atoms with Gasteiger partial charge in [0, 0.05) is 38.5 Å². The van der Waals surface area contributed by atoms with Crippen LogP contribution in [-0.4, -0.2) is 9.13 Å². The van der Waals surface area contributed by atoms with Crippen LogP contribution in [0.4, 0.5) is 0 Å². The standard InChI is InChI=1S/C44H28N2O/c1-2-11-32(12-3-1)46-43-34(16-10-17-38(43)42-37-15-6-9-20-41(37)47-44(42)46)31-23-21-29(22-24-31)30-25-27-33(28-26-30)45-39-18-7-4-13-35(39)36-14-5-8-19-40(36)45/h1-28H. The van der Waals surface area contributed by atoms with Crippen LogP contribution in [0.15, 0.2) is 174 Å². The molecule has 220 valence electrons. The van der Waals surface area contributed by atoms with E-state index in [1.165, 1.54) is 49.4 Å². The van der Waals surface area contributed by atoms with Crippen LogP contribution in [0.1, 0.15) is 0 Å². The number of nitrogens with zero attached hydrogens (tertiary/aromatic N) is 2. The van der Waals surface area contributed by atoms with Crippen molar-refractivity contribution in [2.75, 3.05) is 0 Å². The van der Waals surface area contributed by atoms with Gasteiger partial charge in [0.2, 0.25) is 5.71 Å². The number of para-hydroxylation sites is 5. The molecule has 0 radical (unpaired) electrons. The SMILES string of the molecule is c1ccc(-n2c3oc4ccccc4c3c3cccc(-c4ccc(-c5ccc(-n6c7ccccc7c7ccccc76)cc5)cc4)c32)cc1. The molecule has 0 aliphatic heterocycles. The van der Waals surface area contributed by atoms with E-state index in [4.69, 9.17) is 4.42 Å². The molecule has 10 rings (SSSR count). The highest BCUT2D eigenvalue weighted by Crippen LogP contribution is 2.43. The summed E-state index contributed by atoms with van der Waals surface area (Å²) in [7, 11) is 0. The van der Waals surface area contributed by atoms with Crippen LogP contribution in [0.2, 0.25) is 0 Å². The van der Waals surface area contributed by atoms with E-state index in [2.05, 4.69) is 173 Å². The van der Waals surface area contributed by atoms with Crippen LogP contribution < -0.4 is 0 Å². The van der Waals surface area contributed by atoms with Gasteiger partial charge >= 0.3 is 0 Å². The van der Waals surface area contributed by atoms with Gasteiger partial charge in [0.25, 0.3) is 0 Å². The molecule has 0 fully saturated rings. The summed E-state index contributed by atoms with van der Waals surface area (Å²) in [5, 5.41) is 6.03. The molecule has 3 heteroatoms. The molecule has 0 aliphatic rings. The highest BCUT2D eigenvalue weighted by atomic mass is 16.3. The first-order valence-electron chi connectivity index (χ1n) is 16.0. The first-order chi connectivity index (χ1) is 23.3. The molecule has 0 amide bonds. The Morgan fingerprint density at radius 1 is 0.362 bits per heavy atom. The predicted octanol–water partition coefficient (Wildman–Crippen LogP) is 12.0. The second-order valence-corrected chi connectivity index (χ2v) is 12.1. The Labute approximate surface area is 271 Å². The van der Waals surface area contributed by atoms with E-state index in [0.29, 0.717) is 0 Å². The lowest BCUT2D eigenvalue weighted by molar-refractivity contribution is 0.645. The zero-order chi connectivity index (χ0) is 30.9. The molecular formula is C44H28N2O. The molecule has 3 aromatic heterocycles. The van der Waals surface area contributed by atoms with Crippen molar-refractivity contribution in [1.29, 1.82) is 0 Å². The van der Waals surface area contributed by atoms with Crippen molar-refractivity contribution in [3.63, 3.8) is 0 Å². The highest BCUT2D eigenvalue weighted by Gasteiger charge is 2.21. The first kappa shape index (κ1) is 26.0. The molecule has 0 N–H and O–H groups in total. The molecule has 0 spiro atoms. The Balaban J connectivity index is 1.08. The second kappa shape index (κ2) is 10.1. The normalized spacial score (nSPS) is 11.8. The molecule has 47 heavy (non-hydrogen) atoms. The summed E-state index contributed by atoms with van der Waals surface area (Å²) in [6.45, 7) is 0. The summed E-state index contributed by atoms with van der Waals surface area (Å²) in [6, 6.07) is 60.6. The van der Waals surface area contributed by atoms with Crippen LogP contribution in [-0.2, 0) is 0 Å². The van der Waals surface area contributed by atoms with Crippen molar-refractivity contribution in [2.45, 2.75) is 0 Å². The predicted molar refractivity (Wildman–Crippen MR) is 196 cm³/mol. The lowest BCUT2D eigenvalue weighted by Gasteiger charge is -2.12. The average molecular weight is 601 g/mol. The monoisotopic (exact) mass is 600 g/mol. The van der Waals surface area contributed by atoms with Crippen LogP contribution in [0.25, 0.3) is 88.4 Å². The summed E-state index contributed by atoms with van der Waals surface area (Å²) < 4.78 is 11.2. The van der Waals surface area contributed by atoms with E-state index < -0.39 is 0 Å². The molecule has 0 aliphatic carbocycles. The number of benzene rings is 7. The fraction of sp³-hybridized carbons (Fsp3) is 0. The molecule has 0 atom stereocenters. The molecule has 0 unspecified atom stereocenters. The third-order valence-corrected chi connectivity index (χ3v) is 9.56. The van der Waals surface area contributed by atoms with Gasteiger partial charge in [0.15, 0.2) is 0 Å². The van der Waals surface area contributed by atoms with Gasteiger partial charge in [0.1, 0.15) is 5.58 Å². The maximum Gasteiger partial charge on any atom is 0.213 e. The van der Waals surface area contributed by atoms with Crippen LogP contribution in [0.5, 0.6) is 0 Å². The van der Waals surface area contributed by atoms with E-state index in [0.717, 1.165) is 39.0 Å². The van der Waals surface area contributed by atoms with E-state index in [-0.39, 0.29) is 0 Å². The maximum atomic E-state index is 6.54. The van der Waals surface area contributed by atoms with Gasteiger partial charge in [-0.2, -0.15) is 0 Å². The smallest absolute Gasteiger partial charge is 0.213 e. The van der Waals surface area contributed by atoms with Crippen molar-refractivity contribution in [3.05, 3.63) is 170 Å². The molecule has 0 saturated carbocycles. The van der Waals surface area contributed by atoms with Crippen LogP contribution in [0.3, 0.4) is 0 Å². The minimum atomic E-state index is 0.875. The Bertz CT molecular complexity index is 2710. The summed E-state index contributed by atoms with van der Waals surface area (Å²) in [6.07, 6.45) is 0. The molecule has 3 heterocycles. The highest BCUT2D eigenvalue weighted by molar-refractivity contribution is 6.22. The largest absolute Gasteiger partial charge is 0.439 e. The third kappa shape index (κ3) is 3.87. The van der Waals surface area contributed by atoms with Gasteiger partial charge in [-0.05, 0) is 59.2 Å². The van der Waals surface area contributed by atoms with Crippen LogP contribution in [0, 0.1) is 0 Å². The Kier molecular flexibility index (Phi) is 5.57. The van der Waals surface area contributed by atoms with E-state index in [1.54, 1.807) is 0 Å². The summed E-state index contributed by atoms with van der Waals surface area (Å²) in [5.74, 6) is 0. The minimum absolute atomic E-state index is 0.875. The van der Waals surface area contributed by atoms with Gasteiger partial charge in [-0.25, -0.2) is 0 Å². The van der Waals surface area contributed by atoms with Crippen LogP contribution >= 0.6 is 0 Å². The van der Waals surface area contributed by atoms with E-state index >= 15 is 0 Å². The van der Waals surface area contributed by atoms with E-state index in [1.807, 2.05) is 6.07 Å². The van der Waals surface area contributed by atoms with Gasteiger partial charge in [0.05, 0.1) is 21.9 Å². The van der Waals surface area contributed by atoms with Crippen molar-refractivity contribution < 1.29 is 4.42 Å². The Morgan fingerprint density at radius 3 is 1.60 bits per heavy atom. The molecule has 0 saturated heterocycles. The number of fused-ring (bicyclic) bond motifs is 8. The maximum absolute atomic E-state index is 6.54. The second-order valence-electron chi connectivity index (χ2n) is 12.1. The fourth-order valence-electron chi connectivity index (χ4n) is 7.44. The van der Waals surface area contributed by atoms with Gasteiger partial charge in [-0.15, -0.1) is 0 Å². The molecular weight excluding hydrogens is 572 g/mol. The summed E-state index contributed by atoms with van der Waals surface area (Å²) >= 11 is 0. The molecule has 0 bridgehead atoms. The number of rotatable bonds is 4. The third-order valence-electron chi connectivity index (χ3n) is 9.56. The van der Waals surface area contributed by atoms with Gasteiger partial charge < -0.3 is 8.98 Å². The Hall–Kier alpha value is -6.32. The quantitative estimate of drug-likeness (QED) is 0.197. The summed E-state index contributed by atoms with van der Waals surface area (Å²) in [5.41, 5.74) is 12.3. The molecule has 7 aromatic carbocycles. The lowest BCUT2D eigenvalue weighted by Crippen LogP contribution is -1.95. The topological polar surface area (TPSA) is 23.0 Å². The Morgan fingerprint density at radius 2 is 0.894 bits per heavy atom. The first-order valence-corrected chi connectivity index (χ1v) is 16.0. The molecule has 10 aromatic rings. The van der Waals surface area contributed by atoms with Crippen molar-refractivity contribution >= 4 is 54.8 Å². The number of aromatic nitrogens is 2. The van der Waals surface area contributed by atoms with Gasteiger partial charge in [-0.3, -0.25) is 4.57 Å². The minimum Gasteiger partial charge on any atom is -0.439 e. The fourth-order valence-corrected chi connectivity index (χ4v) is 7.44. The van der Waals surface area contributed by atoms with E-state index in [9.17, 15) is 0 Å². The van der Waals surface area contributed by atoms with Crippen molar-refractivity contribution in [2.24, 2.45) is 0 Å². The van der Waals surface area contributed by atoms with Gasteiger partial charge in [-0.1, -0.05) is 127 Å². The summed E-state index contributed by atoms with van der Waals surface area (Å²) in [4.78, 5) is 0. The zero-order valence-electron chi connectivity index (χ0n) is 25.5. The number of furan rings is 1. The molecule has 3 nitrogen and oxygen atoms in total. The van der Waals surface area contributed by atoms with Crippen molar-refractivity contribution in [3.8, 4) is 33.6 Å². The zero-order valence-corrected chi connectivity index (χ0v) is 25.5. The van der Waals surface area contributed by atoms with Crippen molar-refractivity contribution in [1.82, 2.24) is 9.13 Å².